The Kier molecular flexibility index (Phi) is 4.24. The minimum Gasteiger partial charge on any atom is -0.497 e. The van der Waals surface area contributed by atoms with Crippen LogP contribution in [0.25, 0.3) is 0 Å². The van der Waals surface area contributed by atoms with Crippen LogP contribution in [0.2, 0.25) is 0 Å². The summed E-state index contributed by atoms with van der Waals surface area (Å²) in [7, 11) is 1.53. The Morgan fingerprint density at radius 1 is 1.15 bits per heavy atom. The average Bonchev–Trinajstić information content (AvgIpc) is 2.48. The minimum atomic E-state index is -0.105. The second-order valence-electron chi connectivity index (χ2n) is 4.38. The van der Waals surface area contributed by atoms with Crippen LogP contribution in [0, 0.1) is 18.3 Å². The topological polar surface area (TPSA) is 62.5 Å². The molecule has 0 aromatic heterocycles. The molecule has 0 radical (unpaired) electrons. The maximum absolute atomic E-state index is 9.37. The van der Waals surface area contributed by atoms with Gasteiger partial charge in [0.1, 0.15) is 17.2 Å². The molecule has 0 bridgehead atoms. The van der Waals surface area contributed by atoms with E-state index in [4.69, 9.17) is 14.7 Å². The van der Waals surface area contributed by atoms with Crippen molar-refractivity contribution in [1.29, 1.82) is 5.26 Å². The summed E-state index contributed by atoms with van der Waals surface area (Å²) >= 11 is 0. The first-order valence-corrected chi connectivity index (χ1v) is 6.13. The molecule has 0 aliphatic heterocycles. The number of aryl methyl sites for hydroxylation is 1. The van der Waals surface area contributed by atoms with Gasteiger partial charge in [-0.2, -0.15) is 5.26 Å². The molecule has 2 aromatic carbocycles. The van der Waals surface area contributed by atoms with Gasteiger partial charge in [0.15, 0.2) is 0 Å². The first-order valence-electron chi connectivity index (χ1n) is 6.13. The number of benzene rings is 2. The number of nitrogens with zero attached hydrogens (tertiary/aromatic N) is 1. The standard InChI is InChI=1S/C16H15NO3/c1-11-3-4-16(13(5-11)10-18)20-15-7-12(9-17)6-14(8-15)19-2/h3-8,18H,10H2,1-2H3. The molecule has 0 saturated heterocycles. The van der Waals surface area contributed by atoms with Gasteiger partial charge in [-0.3, -0.25) is 0 Å². The molecule has 0 aliphatic rings. The van der Waals surface area contributed by atoms with E-state index in [-0.39, 0.29) is 6.61 Å². The molecule has 0 aliphatic carbocycles. The van der Waals surface area contributed by atoms with Crippen molar-refractivity contribution < 1.29 is 14.6 Å². The highest BCUT2D eigenvalue weighted by Crippen LogP contribution is 2.30. The Labute approximate surface area is 117 Å². The van der Waals surface area contributed by atoms with Gasteiger partial charge in [0, 0.05) is 11.6 Å². The van der Waals surface area contributed by atoms with Crippen LogP contribution in [-0.4, -0.2) is 12.2 Å². The normalized spacial score (nSPS) is 9.90. The van der Waals surface area contributed by atoms with Crippen molar-refractivity contribution in [3.8, 4) is 23.3 Å². The zero-order valence-electron chi connectivity index (χ0n) is 11.4. The van der Waals surface area contributed by atoms with E-state index in [1.54, 1.807) is 24.3 Å². The highest BCUT2D eigenvalue weighted by molar-refractivity contribution is 5.47. The fraction of sp³-hybridized carbons (Fsp3) is 0.188. The number of aliphatic hydroxyl groups is 1. The van der Waals surface area contributed by atoms with Crippen LogP contribution in [0.15, 0.2) is 36.4 Å². The lowest BCUT2D eigenvalue weighted by Crippen LogP contribution is -1.94. The predicted molar refractivity (Wildman–Crippen MR) is 74.9 cm³/mol. The van der Waals surface area contributed by atoms with Crippen molar-refractivity contribution in [1.82, 2.24) is 0 Å². The van der Waals surface area contributed by atoms with E-state index in [0.29, 0.717) is 28.4 Å². The lowest BCUT2D eigenvalue weighted by Gasteiger charge is -2.11. The van der Waals surface area contributed by atoms with Gasteiger partial charge in [0.05, 0.1) is 25.3 Å². The molecule has 0 fully saturated rings. The summed E-state index contributed by atoms with van der Waals surface area (Å²) in [5.41, 5.74) is 2.20. The van der Waals surface area contributed by atoms with Crippen LogP contribution in [-0.2, 0) is 6.61 Å². The zero-order chi connectivity index (χ0) is 14.5. The largest absolute Gasteiger partial charge is 0.497 e. The van der Waals surface area contributed by atoms with Gasteiger partial charge in [-0.25, -0.2) is 0 Å². The first kappa shape index (κ1) is 13.9. The molecular weight excluding hydrogens is 254 g/mol. The van der Waals surface area contributed by atoms with Crippen LogP contribution in [0.1, 0.15) is 16.7 Å². The number of hydrogen-bond donors (Lipinski definition) is 1. The van der Waals surface area contributed by atoms with E-state index in [9.17, 15) is 5.11 Å². The third-order valence-electron chi connectivity index (χ3n) is 2.86. The van der Waals surface area contributed by atoms with Crippen molar-refractivity contribution in [2.45, 2.75) is 13.5 Å². The summed E-state index contributed by atoms with van der Waals surface area (Å²) in [5.74, 6) is 1.62. The number of aliphatic hydroxyl groups excluding tert-OH is 1. The van der Waals surface area contributed by atoms with E-state index < -0.39 is 0 Å². The van der Waals surface area contributed by atoms with Crippen LogP contribution < -0.4 is 9.47 Å². The summed E-state index contributed by atoms with van der Waals surface area (Å²) in [6.07, 6.45) is 0. The van der Waals surface area contributed by atoms with Gasteiger partial charge in [-0.1, -0.05) is 17.7 Å². The Morgan fingerprint density at radius 2 is 1.90 bits per heavy atom. The predicted octanol–water partition coefficient (Wildman–Crippen LogP) is 3.16. The van der Waals surface area contributed by atoms with Gasteiger partial charge in [-0.15, -0.1) is 0 Å². The second-order valence-corrected chi connectivity index (χ2v) is 4.38. The van der Waals surface area contributed by atoms with E-state index in [1.165, 1.54) is 7.11 Å². The maximum Gasteiger partial charge on any atom is 0.132 e. The molecule has 0 saturated carbocycles. The Balaban J connectivity index is 2.37. The van der Waals surface area contributed by atoms with Crippen LogP contribution in [0.3, 0.4) is 0 Å². The number of rotatable bonds is 4. The van der Waals surface area contributed by atoms with E-state index >= 15 is 0 Å². The molecule has 0 heterocycles. The molecule has 0 amide bonds. The third kappa shape index (κ3) is 3.08. The van der Waals surface area contributed by atoms with Crippen LogP contribution in [0.5, 0.6) is 17.2 Å². The molecule has 0 spiro atoms. The molecule has 4 heteroatoms. The fourth-order valence-electron chi connectivity index (χ4n) is 1.87. The van der Waals surface area contributed by atoms with Gasteiger partial charge in [0.25, 0.3) is 0 Å². The Bertz CT molecular complexity index is 659. The van der Waals surface area contributed by atoms with E-state index in [1.807, 2.05) is 19.1 Å². The molecule has 2 aromatic rings. The molecule has 2 rings (SSSR count). The number of methoxy groups -OCH3 is 1. The number of hydrogen-bond acceptors (Lipinski definition) is 4. The first-order chi connectivity index (χ1) is 9.66. The summed E-state index contributed by atoms with van der Waals surface area (Å²) in [6, 6.07) is 12.6. The fourth-order valence-corrected chi connectivity index (χ4v) is 1.87. The second kappa shape index (κ2) is 6.09. The van der Waals surface area contributed by atoms with Crippen molar-refractivity contribution >= 4 is 0 Å². The van der Waals surface area contributed by atoms with Crippen molar-refractivity contribution in [3.05, 3.63) is 53.1 Å². The Morgan fingerprint density at radius 3 is 2.55 bits per heavy atom. The number of nitriles is 1. The van der Waals surface area contributed by atoms with Crippen molar-refractivity contribution in [3.63, 3.8) is 0 Å². The van der Waals surface area contributed by atoms with Gasteiger partial charge in [0.2, 0.25) is 0 Å². The smallest absolute Gasteiger partial charge is 0.132 e. The molecule has 102 valence electrons. The zero-order valence-corrected chi connectivity index (χ0v) is 11.4. The van der Waals surface area contributed by atoms with E-state index in [0.717, 1.165) is 5.56 Å². The quantitative estimate of drug-likeness (QED) is 0.926. The molecule has 1 N–H and O–H groups in total. The molecule has 4 nitrogen and oxygen atoms in total. The van der Waals surface area contributed by atoms with Crippen molar-refractivity contribution in [2.75, 3.05) is 7.11 Å². The van der Waals surface area contributed by atoms with Gasteiger partial charge < -0.3 is 14.6 Å². The summed E-state index contributed by atoms with van der Waals surface area (Å²) in [4.78, 5) is 0. The average molecular weight is 269 g/mol. The van der Waals surface area contributed by atoms with Crippen LogP contribution >= 0.6 is 0 Å². The van der Waals surface area contributed by atoms with Crippen LogP contribution in [0.4, 0.5) is 0 Å². The van der Waals surface area contributed by atoms with Gasteiger partial charge >= 0.3 is 0 Å². The molecule has 0 atom stereocenters. The maximum atomic E-state index is 9.37. The molecule has 20 heavy (non-hydrogen) atoms. The van der Waals surface area contributed by atoms with Crippen molar-refractivity contribution in [2.24, 2.45) is 0 Å². The molecular formula is C16H15NO3. The van der Waals surface area contributed by atoms with Gasteiger partial charge in [-0.05, 0) is 25.1 Å². The van der Waals surface area contributed by atoms with E-state index in [2.05, 4.69) is 6.07 Å². The lowest BCUT2D eigenvalue weighted by molar-refractivity contribution is 0.276. The lowest BCUT2D eigenvalue weighted by atomic mass is 10.1. The Hall–Kier alpha value is -2.51. The SMILES string of the molecule is COc1cc(C#N)cc(Oc2ccc(C)cc2CO)c1. The number of ether oxygens (including phenoxy) is 2. The highest BCUT2D eigenvalue weighted by Gasteiger charge is 2.07. The highest BCUT2D eigenvalue weighted by atomic mass is 16.5. The minimum absolute atomic E-state index is 0.105. The summed E-state index contributed by atoms with van der Waals surface area (Å²) < 4.78 is 10.9. The molecule has 0 unspecified atom stereocenters. The summed E-state index contributed by atoms with van der Waals surface area (Å²) in [6.45, 7) is 1.84. The third-order valence-corrected chi connectivity index (χ3v) is 2.86. The monoisotopic (exact) mass is 269 g/mol. The summed E-state index contributed by atoms with van der Waals surface area (Å²) in [5, 5.41) is 18.3.